The summed E-state index contributed by atoms with van der Waals surface area (Å²) in [6, 6.07) is 7.91. The summed E-state index contributed by atoms with van der Waals surface area (Å²) in [4.78, 5) is 30.2. The molecule has 0 radical (unpaired) electrons. The van der Waals surface area contributed by atoms with Crippen LogP contribution in [0.1, 0.15) is 39.5 Å². The molecule has 2 aliphatic heterocycles. The van der Waals surface area contributed by atoms with Crippen molar-refractivity contribution < 1.29 is 9.21 Å². The Kier molecular flexibility index (Phi) is 5.08. The standard InChI is InChI=1S/C23H25N3O3S/c1-24(9-16-4-6-29-14-16)12-18-2-3-21-20-8-17(11-26(21)23(18)28)10-25(13-20)22(27)19-5-7-30-15-19/h2-7,14-15,17,20H,8-13H2,1H3/t17-,20+/m0/s1. The van der Waals surface area contributed by atoms with E-state index in [-0.39, 0.29) is 17.4 Å². The Bertz CT molecular complexity index is 1090. The highest BCUT2D eigenvalue weighted by atomic mass is 32.1. The molecule has 0 aliphatic carbocycles. The molecule has 0 unspecified atom stereocenters. The Hall–Kier alpha value is -2.64. The molecule has 2 bridgehead atoms. The van der Waals surface area contributed by atoms with Crippen molar-refractivity contribution in [2.45, 2.75) is 32.0 Å². The van der Waals surface area contributed by atoms with Crippen LogP contribution in [0.2, 0.25) is 0 Å². The molecule has 0 saturated carbocycles. The summed E-state index contributed by atoms with van der Waals surface area (Å²) in [7, 11) is 2.01. The number of hydrogen-bond donors (Lipinski definition) is 0. The summed E-state index contributed by atoms with van der Waals surface area (Å²) in [5.74, 6) is 0.667. The monoisotopic (exact) mass is 423 g/mol. The number of rotatable bonds is 5. The molecule has 0 spiro atoms. The molecular weight excluding hydrogens is 398 g/mol. The third-order valence-electron chi connectivity index (χ3n) is 6.21. The first-order chi connectivity index (χ1) is 14.6. The summed E-state index contributed by atoms with van der Waals surface area (Å²) in [5, 5.41) is 3.86. The number of pyridine rings is 1. The zero-order valence-electron chi connectivity index (χ0n) is 17.0. The van der Waals surface area contributed by atoms with Crippen molar-refractivity contribution in [1.29, 1.82) is 0 Å². The molecule has 7 heteroatoms. The molecule has 2 aliphatic rings. The summed E-state index contributed by atoms with van der Waals surface area (Å²) in [6.45, 7) is 3.44. The molecule has 156 valence electrons. The van der Waals surface area contributed by atoms with Crippen LogP contribution >= 0.6 is 11.3 Å². The van der Waals surface area contributed by atoms with E-state index >= 15 is 0 Å². The Morgan fingerprint density at radius 1 is 1.20 bits per heavy atom. The Labute approximate surface area is 179 Å². The van der Waals surface area contributed by atoms with Crippen molar-refractivity contribution in [2.75, 3.05) is 20.1 Å². The maximum atomic E-state index is 13.2. The molecule has 5 rings (SSSR count). The zero-order valence-corrected chi connectivity index (χ0v) is 17.8. The van der Waals surface area contributed by atoms with Crippen LogP contribution in [0.15, 0.2) is 56.8 Å². The van der Waals surface area contributed by atoms with Gasteiger partial charge in [0.1, 0.15) is 0 Å². The zero-order chi connectivity index (χ0) is 20.7. The minimum absolute atomic E-state index is 0.110. The van der Waals surface area contributed by atoms with Gasteiger partial charge >= 0.3 is 0 Å². The van der Waals surface area contributed by atoms with Crippen LogP contribution in [0.5, 0.6) is 0 Å². The van der Waals surface area contributed by atoms with Crippen molar-refractivity contribution >= 4 is 17.2 Å². The molecule has 1 fully saturated rings. The number of amides is 1. The molecule has 6 nitrogen and oxygen atoms in total. The second-order valence-corrected chi connectivity index (χ2v) is 9.30. The van der Waals surface area contributed by atoms with Gasteiger partial charge in [-0.3, -0.25) is 14.5 Å². The van der Waals surface area contributed by atoms with E-state index in [1.807, 2.05) is 45.5 Å². The molecule has 0 N–H and O–H groups in total. The molecular formula is C23H25N3O3S. The number of nitrogens with zero attached hydrogens (tertiary/aromatic N) is 3. The maximum Gasteiger partial charge on any atom is 0.255 e. The highest BCUT2D eigenvalue weighted by Crippen LogP contribution is 2.35. The number of likely N-dealkylation sites (tertiary alicyclic amines) is 1. The van der Waals surface area contributed by atoms with Gasteiger partial charge in [-0.1, -0.05) is 6.07 Å². The number of aromatic nitrogens is 1. The molecule has 1 saturated heterocycles. The third kappa shape index (κ3) is 3.63. The second kappa shape index (κ2) is 7.89. The van der Waals surface area contributed by atoms with Gasteiger partial charge < -0.3 is 13.9 Å². The van der Waals surface area contributed by atoms with E-state index in [4.69, 9.17) is 4.42 Å². The lowest BCUT2D eigenvalue weighted by molar-refractivity contribution is 0.0594. The number of hydrogen-bond acceptors (Lipinski definition) is 5. The summed E-state index contributed by atoms with van der Waals surface area (Å²) in [5.41, 5.74) is 3.86. The minimum atomic E-state index is 0.110. The number of carbonyl (C=O) groups excluding carboxylic acids is 1. The van der Waals surface area contributed by atoms with Crippen LogP contribution in [0, 0.1) is 5.92 Å². The van der Waals surface area contributed by atoms with Gasteiger partial charge in [-0.2, -0.15) is 11.3 Å². The normalized spacial score (nSPS) is 20.4. The van der Waals surface area contributed by atoms with Gasteiger partial charge in [0.25, 0.3) is 11.5 Å². The topological polar surface area (TPSA) is 58.7 Å². The van der Waals surface area contributed by atoms with Crippen molar-refractivity contribution in [3.05, 3.63) is 80.3 Å². The van der Waals surface area contributed by atoms with Gasteiger partial charge in [0.05, 0.1) is 18.1 Å². The fourth-order valence-electron chi connectivity index (χ4n) is 4.89. The summed E-state index contributed by atoms with van der Waals surface area (Å²) >= 11 is 1.55. The Balaban J connectivity index is 1.34. The molecule has 2 atom stereocenters. The predicted molar refractivity (Wildman–Crippen MR) is 116 cm³/mol. The van der Waals surface area contributed by atoms with Crippen molar-refractivity contribution in [3.8, 4) is 0 Å². The fraction of sp³-hybridized carbons (Fsp3) is 0.391. The molecule has 30 heavy (non-hydrogen) atoms. The van der Waals surface area contributed by atoms with Crippen LogP contribution in [0.3, 0.4) is 0 Å². The lowest BCUT2D eigenvalue weighted by Gasteiger charge is -2.43. The highest BCUT2D eigenvalue weighted by Gasteiger charge is 2.37. The summed E-state index contributed by atoms with van der Waals surface area (Å²) in [6.07, 6.45) is 4.45. The maximum absolute atomic E-state index is 13.2. The molecule has 3 aromatic rings. The fourth-order valence-corrected chi connectivity index (χ4v) is 5.52. The number of piperidine rings is 1. The average Bonchev–Trinajstić information content (AvgIpc) is 3.44. The largest absolute Gasteiger partial charge is 0.472 e. The smallest absolute Gasteiger partial charge is 0.255 e. The van der Waals surface area contributed by atoms with Crippen LogP contribution in [0.4, 0.5) is 0 Å². The number of carbonyl (C=O) groups is 1. The Morgan fingerprint density at radius 3 is 2.87 bits per heavy atom. The molecule has 3 aromatic heterocycles. The molecule has 5 heterocycles. The van der Waals surface area contributed by atoms with Crippen molar-refractivity contribution in [2.24, 2.45) is 5.92 Å². The van der Waals surface area contributed by atoms with E-state index in [1.54, 1.807) is 23.9 Å². The van der Waals surface area contributed by atoms with Crippen molar-refractivity contribution in [3.63, 3.8) is 0 Å². The highest BCUT2D eigenvalue weighted by molar-refractivity contribution is 7.08. The number of thiophene rings is 1. The lowest BCUT2D eigenvalue weighted by Crippen LogP contribution is -2.49. The van der Waals surface area contributed by atoms with Crippen molar-refractivity contribution in [1.82, 2.24) is 14.4 Å². The molecule has 0 aromatic carbocycles. The van der Waals surface area contributed by atoms with Crippen LogP contribution in [0.25, 0.3) is 0 Å². The van der Waals surface area contributed by atoms with Gasteiger partial charge in [0.2, 0.25) is 0 Å². The first kappa shape index (κ1) is 19.3. The minimum Gasteiger partial charge on any atom is -0.472 e. The van der Waals surface area contributed by atoms with E-state index < -0.39 is 0 Å². The van der Waals surface area contributed by atoms with Gasteiger partial charge in [-0.15, -0.1) is 0 Å². The van der Waals surface area contributed by atoms with E-state index in [2.05, 4.69) is 11.0 Å². The van der Waals surface area contributed by atoms with Gasteiger partial charge in [0, 0.05) is 60.8 Å². The van der Waals surface area contributed by atoms with E-state index in [1.165, 1.54) is 0 Å². The van der Waals surface area contributed by atoms with Gasteiger partial charge in [-0.25, -0.2) is 0 Å². The Morgan fingerprint density at radius 2 is 2.10 bits per heavy atom. The average molecular weight is 424 g/mol. The first-order valence-electron chi connectivity index (χ1n) is 10.3. The van der Waals surface area contributed by atoms with Gasteiger partial charge in [0.15, 0.2) is 0 Å². The quantitative estimate of drug-likeness (QED) is 0.631. The van der Waals surface area contributed by atoms with Crippen LogP contribution < -0.4 is 5.56 Å². The summed E-state index contributed by atoms with van der Waals surface area (Å²) < 4.78 is 7.10. The van der Waals surface area contributed by atoms with E-state index in [0.29, 0.717) is 25.6 Å². The van der Waals surface area contributed by atoms with E-state index in [9.17, 15) is 9.59 Å². The first-order valence-corrected chi connectivity index (χ1v) is 11.3. The van der Waals surface area contributed by atoms with Gasteiger partial charge in [-0.05, 0) is 43.0 Å². The number of furan rings is 1. The van der Waals surface area contributed by atoms with Crippen LogP contribution in [-0.4, -0.2) is 40.4 Å². The predicted octanol–water partition coefficient (Wildman–Crippen LogP) is 3.39. The third-order valence-corrected chi connectivity index (χ3v) is 6.89. The molecule has 1 amide bonds. The van der Waals surface area contributed by atoms with Crippen LogP contribution in [-0.2, 0) is 19.6 Å². The lowest BCUT2D eigenvalue weighted by atomic mass is 9.82. The van der Waals surface area contributed by atoms with E-state index in [0.717, 1.165) is 41.9 Å². The SMILES string of the molecule is CN(Cc1ccoc1)Cc1ccc2n(c1=O)C[C@H]1C[C@@H]2CN(C(=O)c2ccsc2)C1. The number of fused-ring (bicyclic) bond motifs is 4. The second-order valence-electron chi connectivity index (χ2n) is 8.52.